The van der Waals surface area contributed by atoms with Gasteiger partial charge in [0.1, 0.15) is 23.9 Å². The van der Waals surface area contributed by atoms with E-state index in [0.717, 1.165) is 0 Å². The fourth-order valence-corrected chi connectivity index (χ4v) is 4.95. The minimum absolute atomic E-state index is 0.253. The molecule has 4 atom stereocenters. The Morgan fingerprint density at radius 2 is 1.30 bits per heavy atom. The minimum atomic E-state index is -1.19. The van der Waals surface area contributed by atoms with Gasteiger partial charge >= 0.3 is 17.9 Å². The van der Waals surface area contributed by atoms with Crippen molar-refractivity contribution in [3.05, 3.63) is 125 Å². The van der Waals surface area contributed by atoms with Gasteiger partial charge in [-0.15, -0.1) is 0 Å². The molecule has 0 amide bonds. The van der Waals surface area contributed by atoms with Gasteiger partial charge in [0.2, 0.25) is 0 Å². The zero-order chi connectivity index (χ0) is 29.8. The third kappa shape index (κ3) is 5.92. The van der Waals surface area contributed by atoms with Crippen molar-refractivity contribution in [2.24, 2.45) is 0 Å². The summed E-state index contributed by atoms with van der Waals surface area (Å²) in [6.07, 6.45) is -1.58. The van der Waals surface area contributed by atoms with Crippen molar-refractivity contribution in [1.29, 1.82) is 0 Å². The number of hydrogen-bond acceptors (Lipinski definition) is 10. The van der Waals surface area contributed by atoms with Crippen LogP contribution in [0.2, 0.25) is 0 Å². The molecule has 3 heterocycles. The SMILES string of the molecule is O=C(OC[C@@H]1O[C@@H](n2cnc3c(=S)nc[nH]c32)[C@@H](OC(=O)c2ccccc2)[C@@H]1OC(=O)c1ccccc1)c1ccccc1. The number of nitrogens with zero attached hydrogens (tertiary/aromatic N) is 3. The smallest absolute Gasteiger partial charge is 0.338 e. The highest BCUT2D eigenvalue weighted by Crippen LogP contribution is 2.36. The molecule has 1 aliphatic heterocycles. The van der Waals surface area contributed by atoms with Crippen LogP contribution < -0.4 is 0 Å². The van der Waals surface area contributed by atoms with Gasteiger partial charge in [-0.2, -0.15) is 0 Å². The lowest BCUT2D eigenvalue weighted by Gasteiger charge is -2.25. The number of nitrogens with one attached hydrogen (secondary N) is 1. The summed E-state index contributed by atoms with van der Waals surface area (Å²) in [4.78, 5) is 50.8. The predicted molar refractivity (Wildman–Crippen MR) is 155 cm³/mol. The fourth-order valence-electron chi connectivity index (χ4n) is 4.75. The summed E-state index contributed by atoms with van der Waals surface area (Å²) in [6, 6.07) is 25.2. The highest BCUT2D eigenvalue weighted by Gasteiger charge is 2.51. The summed E-state index contributed by atoms with van der Waals surface area (Å²) in [5.41, 5.74) is 1.74. The molecular weight excluding hydrogens is 572 g/mol. The molecule has 0 saturated carbocycles. The molecule has 0 unspecified atom stereocenters. The largest absolute Gasteiger partial charge is 0.459 e. The number of aromatic amines is 1. The third-order valence-electron chi connectivity index (χ3n) is 6.83. The standard InChI is InChI=1S/C31H24N4O7S/c36-29(19-10-4-1-5-11-19)39-16-22-24(41-30(37)20-12-6-2-7-13-20)25(42-31(38)21-14-8-3-9-15-21)28(40-22)35-18-34-23-26(35)32-17-33-27(23)43/h1-15,17-18,22,24-25,28H,16H2,(H,32,33,43)/t22-,24+,25-,28+/m0/s1. The molecule has 1 N–H and O–H groups in total. The minimum Gasteiger partial charge on any atom is -0.459 e. The monoisotopic (exact) mass is 596 g/mol. The lowest BCUT2D eigenvalue weighted by atomic mass is 10.1. The number of hydrogen-bond donors (Lipinski definition) is 1. The molecule has 216 valence electrons. The van der Waals surface area contributed by atoms with Crippen molar-refractivity contribution in [1.82, 2.24) is 19.5 Å². The van der Waals surface area contributed by atoms with E-state index in [1.807, 2.05) is 0 Å². The van der Waals surface area contributed by atoms with E-state index in [4.69, 9.17) is 31.2 Å². The van der Waals surface area contributed by atoms with Crippen molar-refractivity contribution in [3.8, 4) is 0 Å². The number of carbonyl (C=O) groups excluding carboxylic acids is 3. The van der Waals surface area contributed by atoms with Crippen LogP contribution in [0, 0.1) is 4.64 Å². The topological polar surface area (TPSA) is 135 Å². The quantitative estimate of drug-likeness (QED) is 0.153. The van der Waals surface area contributed by atoms with E-state index in [1.165, 1.54) is 12.7 Å². The number of fused-ring (bicyclic) bond motifs is 1. The van der Waals surface area contributed by atoms with E-state index < -0.39 is 42.4 Å². The van der Waals surface area contributed by atoms with Crippen LogP contribution in [-0.4, -0.2) is 62.3 Å². The molecule has 43 heavy (non-hydrogen) atoms. The van der Waals surface area contributed by atoms with Crippen molar-refractivity contribution in [3.63, 3.8) is 0 Å². The van der Waals surface area contributed by atoms with Gasteiger partial charge in [-0.3, -0.25) is 4.57 Å². The Morgan fingerprint density at radius 3 is 1.88 bits per heavy atom. The second-order valence-electron chi connectivity index (χ2n) is 9.56. The third-order valence-corrected chi connectivity index (χ3v) is 7.13. The fraction of sp³-hybridized carbons (Fsp3) is 0.161. The number of ether oxygens (including phenoxy) is 4. The number of aromatic nitrogens is 4. The molecule has 6 rings (SSSR count). The molecule has 0 aliphatic carbocycles. The second kappa shape index (κ2) is 12.3. The molecule has 3 aromatic carbocycles. The van der Waals surface area contributed by atoms with Crippen LogP contribution >= 0.6 is 12.2 Å². The summed E-state index contributed by atoms with van der Waals surface area (Å²) in [5.74, 6) is -1.93. The van der Waals surface area contributed by atoms with Crippen LogP contribution in [0.25, 0.3) is 11.2 Å². The molecule has 0 spiro atoms. The first kappa shape index (κ1) is 27.9. The molecule has 12 heteroatoms. The average molecular weight is 597 g/mol. The van der Waals surface area contributed by atoms with Crippen molar-refractivity contribution in [2.45, 2.75) is 24.5 Å². The van der Waals surface area contributed by atoms with E-state index in [9.17, 15) is 14.4 Å². The highest BCUT2D eigenvalue weighted by atomic mass is 32.1. The lowest BCUT2D eigenvalue weighted by Crippen LogP contribution is -2.41. The van der Waals surface area contributed by atoms with Crippen LogP contribution in [0.15, 0.2) is 104 Å². The Bertz CT molecular complexity index is 1810. The van der Waals surface area contributed by atoms with Crippen LogP contribution in [-0.2, 0) is 18.9 Å². The van der Waals surface area contributed by atoms with Crippen molar-refractivity contribution >= 4 is 41.3 Å². The zero-order valence-electron chi connectivity index (χ0n) is 22.4. The van der Waals surface area contributed by atoms with Gasteiger partial charge < -0.3 is 23.9 Å². The van der Waals surface area contributed by atoms with Gasteiger partial charge in [0.15, 0.2) is 23.1 Å². The van der Waals surface area contributed by atoms with Gasteiger partial charge in [0.25, 0.3) is 0 Å². The Morgan fingerprint density at radius 1 is 0.767 bits per heavy atom. The number of imidazole rings is 1. The second-order valence-corrected chi connectivity index (χ2v) is 9.94. The first-order valence-corrected chi connectivity index (χ1v) is 13.7. The summed E-state index contributed by atoms with van der Waals surface area (Å²) >= 11 is 5.32. The zero-order valence-corrected chi connectivity index (χ0v) is 23.3. The van der Waals surface area contributed by atoms with E-state index >= 15 is 0 Å². The highest BCUT2D eigenvalue weighted by molar-refractivity contribution is 7.71. The number of H-pyrrole nitrogens is 1. The molecule has 11 nitrogen and oxygen atoms in total. The normalized spacial score (nSPS) is 19.5. The van der Waals surface area contributed by atoms with Crippen molar-refractivity contribution in [2.75, 3.05) is 6.61 Å². The van der Waals surface area contributed by atoms with E-state index in [2.05, 4.69) is 15.0 Å². The van der Waals surface area contributed by atoms with Gasteiger partial charge in [-0.05, 0) is 36.4 Å². The van der Waals surface area contributed by atoms with Crippen LogP contribution in [0.5, 0.6) is 0 Å². The number of rotatable bonds is 8. The Labute approximate surface area is 250 Å². The lowest BCUT2D eigenvalue weighted by molar-refractivity contribution is -0.0606. The molecule has 0 bridgehead atoms. The van der Waals surface area contributed by atoms with Crippen LogP contribution in [0.3, 0.4) is 0 Å². The molecule has 5 aromatic rings. The van der Waals surface area contributed by atoms with Gasteiger partial charge in [0.05, 0.1) is 29.3 Å². The molecule has 0 radical (unpaired) electrons. The maximum atomic E-state index is 13.3. The predicted octanol–water partition coefficient (Wildman–Crippen LogP) is 4.69. The number of benzene rings is 3. The van der Waals surface area contributed by atoms with Crippen molar-refractivity contribution < 1.29 is 33.3 Å². The molecule has 2 aromatic heterocycles. The van der Waals surface area contributed by atoms with E-state index in [1.54, 1.807) is 95.6 Å². The number of carbonyl (C=O) groups is 3. The Hall–Kier alpha value is -5.20. The van der Waals surface area contributed by atoms with Crippen LogP contribution in [0.4, 0.5) is 0 Å². The molecule has 1 aliphatic rings. The molecular formula is C31H24N4O7S. The summed E-state index contributed by atoms with van der Waals surface area (Å²) < 4.78 is 25.7. The van der Waals surface area contributed by atoms with Gasteiger partial charge in [-0.1, -0.05) is 66.8 Å². The van der Waals surface area contributed by atoms with E-state index in [0.29, 0.717) is 16.7 Å². The molecule has 1 fully saturated rings. The Kier molecular flexibility index (Phi) is 8.03. The molecule has 1 saturated heterocycles. The number of esters is 3. The first-order valence-electron chi connectivity index (χ1n) is 13.3. The first-order chi connectivity index (χ1) is 21.0. The Balaban J connectivity index is 1.37. The summed E-state index contributed by atoms with van der Waals surface area (Å²) in [5, 5.41) is 0. The maximum Gasteiger partial charge on any atom is 0.338 e. The average Bonchev–Trinajstić information content (AvgIpc) is 3.63. The van der Waals surface area contributed by atoms with E-state index in [-0.39, 0.29) is 22.4 Å². The van der Waals surface area contributed by atoms with Crippen LogP contribution in [0.1, 0.15) is 37.3 Å². The van der Waals surface area contributed by atoms with Gasteiger partial charge in [-0.25, -0.2) is 24.4 Å². The summed E-state index contributed by atoms with van der Waals surface area (Å²) in [7, 11) is 0. The van der Waals surface area contributed by atoms with Gasteiger partial charge in [0, 0.05) is 0 Å². The summed E-state index contributed by atoms with van der Waals surface area (Å²) in [6.45, 7) is -0.305. The maximum absolute atomic E-state index is 13.3.